The van der Waals surface area contributed by atoms with E-state index in [0.29, 0.717) is 0 Å². The van der Waals surface area contributed by atoms with Crippen LogP contribution in [0.4, 0.5) is 0 Å². The predicted octanol–water partition coefficient (Wildman–Crippen LogP) is 3.25. The van der Waals surface area contributed by atoms with Crippen LogP contribution < -0.4 is 0 Å². The summed E-state index contributed by atoms with van der Waals surface area (Å²) in [6.07, 6.45) is 1.49. The average molecular weight is 222 g/mol. The first kappa shape index (κ1) is 9.02. The maximum absolute atomic E-state index is 8.43. The van der Waals surface area contributed by atoms with Crippen molar-refractivity contribution in [2.45, 2.75) is 6.92 Å². The number of halogens is 1. The number of hydrogen-bond acceptors (Lipinski definition) is 1. The molecule has 0 bridgehead atoms. The zero-order chi connectivity index (χ0) is 8.97. The average Bonchev–Trinajstić information content (AvgIpc) is 2.05. The van der Waals surface area contributed by atoms with Crippen molar-refractivity contribution in [3.63, 3.8) is 0 Å². The lowest BCUT2D eigenvalue weighted by Crippen LogP contribution is -1.81. The molecule has 0 saturated heterocycles. The lowest BCUT2D eigenvalue weighted by Gasteiger charge is -2.01. The Morgan fingerprint density at radius 2 is 2.17 bits per heavy atom. The fourth-order valence-electron chi connectivity index (χ4n) is 0.975. The monoisotopic (exact) mass is 221 g/mol. The fraction of sp³-hybridized carbons (Fsp3) is 0.100. The Morgan fingerprint density at radius 1 is 1.50 bits per heavy atom. The normalized spacial score (nSPS) is 10.9. The summed E-state index contributed by atoms with van der Waals surface area (Å²) in [5, 5.41) is 8.43. The molecule has 0 aliphatic heterocycles. The molecule has 12 heavy (non-hydrogen) atoms. The Labute approximate surface area is 80.5 Å². The van der Waals surface area contributed by atoms with Crippen molar-refractivity contribution in [3.8, 4) is 6.07 Å². The summed E-state index contributed by atoms with van der Waals surface area (Å²) in [5.41, 5.74) is 2.23. The molecule has 1 aromatic carbocycles. The van der Waals surface area contributed by atoms with Gasteiger partial charge in [0.2, 0.25) is 0 Å². The highest BCUT2D eigenvalue weighted by Crippen LogP contribution is 2.23. The molecule has 0 radical (unpaired) electrons. The van der Waals surface area contributed by atoms with Crippen LogP contribution in [0.15, 0.2) is 30.3 Å². The summed E-state index contributed by atoms with van der Waals surface area (Å²) in [4.78, 5) is 0. The molecular weight excluding hydrogens is 214 g/mol. The van der Waals surface area contributed by atoms with Crippen LogP contribution >= 0.6 is 15.9 Å². The van der Waals surface area contributed by atoms with Crippen molar-refractivity contribution in [1.82, 2.24) is 0 Å². The van der Waals surface area contributed by atoms with E-state index in [-0.39, 0.29) is 0 Å². The molecule has 1 aromatic rings. The highest BCUT2D eigenvalue weighted by Gasteiger charge is 1.98. The van der Waals surface area contributed by atoms with Crippen LogP contribution in [0.25, 0.3) is 4.48 Å². The summed E-state index contributed by atoms with van der Waals surface area (Å²) >= 11 is 3.34. The molecule has 0 N–H and O–H groups in total. The smallest absolute Gasteiger partial charge is 0.0924 e. The first-order valence-electron chi connectivity index (χ1n) is 3.57. The molecule has 0 spiro atoms. The number of allylic oxidation sites excluding steroid dienone is 1. The SMILES string of the molecule is Cc1ccccc1/C(Br)=C/C#N. The van der Waals surface area contributed by atoms with E-state index in [4.69, 9.17) is 5.26 Å². The van der Waals surface area contributed by atoms with Crippen molar-refractivity contribution < 1.29 is 0 Å². The van der Waals surface area contributed by atoms with Gasteiger partial charge < -0.3 is 0 Å². The molecule has 1 nitrogen and oxygen atoms in total. The largest absolute Gasteiger partial charge is 0.193 e. The van der Waals surface area contributed by atoms with Crippen LogP contribution in [0.1, 0.15) is 11.1 Å². The Hall–Kier alpha value is -1.07. The molecule has 0 aliphatic carbocycles. The third-order valence-electron chi connectivity index (χ3n) is 1.59. The minimum atomic E-state index is 0.836. The van der Waals surface area contributed by atoms with Crippen LogP contribution in [0.3, 0.4) is 0 Å². The predicted molar refractivity (Wildman–Crippen MR) is 53.7 cm³/mol. The van der Waals surface area contributed by atoms with Crippen LogP contribution in [-0.4, -0.2) is 0 Å². The minimum absolute atomic E-state index is 0.836. The summed E-state index contributed by atoms with van der Waals surface area (Å²) < 4.78 is 0.836. The Kier molecular flexibility index (Phi) is 3.07. The number of nitrogens with zero attached hydrogens (tertiary/aromatic N) is 1. The molecule has 0 aromatic heterocycles. The van der Waals surface area contributed by atoms with E-state index in [1.165, 1.54) is 6.08 Å². The van der Waals surface area contributed by atoms with Gasteiger partial charge in [0.25, 0.3) is 0 Å². The number of aryl methyl sites for hydroxylation is 1. The zero-order valence-electron chi connectivity index (χ0n) is 6.71. The molecule has 60 valence electrons. The zero-order valence-corrected chi connectivity index (χ0v) is 8.30. The molecule has 0 unspecified atom stereocenters. The van der Waals surface area contributed by atoms with Crippen LogP contribution in [0.5, 0.6) is 0 Å². The lowest BCUT2D eigenvalue weighted by atomic mass is 10.1. The summed E-state index contributed by atoms with van der Waals surface area (Å²) in [5.74, 6) is 0. The summed E-state index contributed by atoms with van der Waals surface area (Å²) in [7, 11) is 0. The third kappa shape index (κ3) is 1.96. The maximum atomic E-state index is 8.43. The first-order chi connectivity index (χ1) is 5.75. The second-order valence-corrected chi connectivity index (χ2v) is 3.29. The van der Waals surface area contributed by atoms with Crippen molar-refractivity contribution in [1.29, 1.82) is 5.26 Å². The second kappa shape index (κ2) is 4.08. The standard InChI is InChI=1S/C10H8BrN/c1-8-4-2-3-5-9(8)10(11)6-7-12/h2-6H,1H3/b10-6-. The fourth-order valence-corrected chi connectivity index (χ4v) is 1.52. The van der Waals surface area contributed by atoms with Crippen LogP contribution in [-0.2, 0) is 0 Å². The van der Waals surface area contributed by atoms with Gasteiger partial charge in [-0.05, 0) is 34.0 Å². The molecule has 0 amide bonds. The molecule has 0 aliphatic rings. The van der Waals surface area contributed by atoms with E-state index >= 15 is 0 Å². The Bertz CT molecular complexity index is 347. The van der Waals surface area contributed by atoms with Crippen LogP contribution in [0.2, 0.25) is 0 Å². The van der Waals surface area contributed by atoms with E-state index in [1.54, 1.807) is 0 Å². The molecule has 0 atom stereocenters. The van der Waals surface area contributed by atoms with Crippen molar-refractivity contribution in [3.05, 3.63) is 41.5 Å². The number of rotatable bonds is 1. The Morgan fingerprint density at radius 3 is 2.75 bits per heavy atom. The molecule has 2 heteroatoms. The number of nitriles is 1. The van der Waals surface area contributed by atoms with Gasteiger partial charge in [0.1, 0.15) is 0 Å². The van der Waals surface area contributed by atoms with Gasteiger partial charge in [-0.2, -0.15) is 5.26 Å². The molecule has 0 saturated carbocycles. The molecule has 1 rings (SSSR count). The molecule has 0 heterocycles. The van der Waals surface area contributed by atoms with Gasteiger partial charge in [-0.25, -0.2) is 0 Å². The second-order valence-electron chi connectivity index (χ2n) is 2.44. The van der Waals surface area contributed by atoms with E-state index < -0.39 is 0 Å². The van der Waals surface area contributed by atoms with Gasteiger partial charge in [-0.3, -0.25) is 0 Å². The van der Waals surface area contributed by atoms with Crippen molar-refractivity contribution in [2.24, 2.45) is 0 Å². The summed E-state index contributed by atoms with van der Waals surface area (Å²) in [6, 6.07) is 9.91. The van der Waals surface area contributed by atoms with Gasteiger partial charge in [0.15, 0.2) is 0 Å². The minimum Gasteiger partial charge on any atom is -0.193 e. The quantitative estimate of drug-likeness (QED) is 0.669. The van der Waals surface area contributed by atoms with Crippen LogP contribution in [0, 0.1) is 18.3 Å². The van der Waals surface area contributed by atoms with E-state index in [1.807, 2.05) is 37.3 Å². The van der Waals surface area contributed by atoms with Crippen molar-refractivity contribution in [2.75, 3.05) is 0 Å². The summed E-state index contributed by atoms with van der Waals surface area (Å²) in [6.45, 7) is 2.02. The van der Waals surface area contributed by atoms with Crippen molar-refractivity contribution >= 4 is 20.4 Å². The van der Waals surface area contributed by atoms with Gasteiger partial charge >= 0.3 is 0 Å². The van der Waals surface area contributed by atoms with E-state index in [9.17, 15) is 0 Å². The topological polar surface area (TPSA) is 23.8 Å². The first-order valence-corrected chi connectivity index (χ1v) is 4.36. The van der Waals surface area contributed by atoms with Gasteiger partial charge in [-0.1, -0.05) is 24.3 Å². The number of hydrogen-bond donors (Lipinski definition) is 0. The molecule has 0 fully saturated rings. The van der Waals surface area contributed by atoms with E-state index in [0.717, 1.165) is 15.6 Å². The van der Waals surface area contributed by atoms with E-state index in [2.05, 4.69) is 15.9 Å². The third-order valence-corrected chi connectivity index (χ3v) is 2.25. The molecular formula is C10H8BrN. The van der Waals surface area contributed by atoms with Gasteiger partial charge in [-0.15, -0.1) is 0 Å². The number of benzene rings is 1. The highest BCUT2D eigenvalue weighted by atomic mass is 79.9. The van der Waals surface area contributed by atoms with Gasteiger partial charge in [0.05, 0.1) is 6.07 Å². The highest BCUT2D eigenvalue weighted by molar-refractivity contribution is 9.15. The lowest BCUT2D eigenvalue weighted by molar-refractivity contribution is 1.44. The van der Waals surface area contributed by atoms with Gasteiger partial charge in [0, 0.05) is 10.6 Å². The maximum Gasteiger partial charge on any atom is 0.0924 e. The Balaban J connectivity index is 3.13.